The molecule has 6 heteroatoms. The standard InChI is InChI=1S/C23H19BrO5/c1-27-22(25)18-9-5-6-10-21(18)29-23(26)19-15-17(24)11-12-20(19)28-14-13-16-7-3-2-4-8-16/h2-12,15H,13-14H2,1H3. The normalized spacial score (nSPS) is 10.3. The minimum Gasteiger partial charge on any atom is -0.492 e. The summed E-state index contributed by atoms with van der Waals surface area (Å²) in [5.74, 6) is -0.677. The fourth-order valence-electron chi connectivity index (χ4n) is 2.70. The van der Waals surface area contributed by atoms with Gasteiger partial charge in [-0.1, -0.05) is 58.4 Å². The van der Waals surface area contributed by atoms with Gasteiger partial charge in [0, 0.05) is 10.9 Å². The molecule has 0 atom stereocenters. The van der Waals surface area contributed by atoms with Crippen molar-refractivity contribution in [1.82, 2.24) is 0 Å². The molecule has 0 heterocycles. The number of para-hydroxylation sites is 1. The number of esters is 2. The maximum Gasteiger partial charge on any atom is 0.347 e. The highest BCUT2D eigenvalue weighted by Crippen LogP contribution is 2.27. The van der Waals surface area contributed by atoms with E-state index < -0.39 is 11.9 Å². The molecule has 29 heavy (non-hydrogen) atoms. The van der Waals surface area contributed by atoms with Gasteiger partial charge in [-0.25, -0.2) is 9.59 Å². The van der Waals surface area contributed by atoms with Gasteiger partial charge in [-0.15, -0.1) is 0 Å². The van der Waals surface area contributed by atoms with Crippen molar-refractivity contribution in [2.75, 3.05) is 13.7 Å². The van der Waals surface area contributed by atoms with Crippen LogP contribution in [0.4, 0.5) is 0 Å². The van der Waals surface area contributed by atoms with Crippen molar-refractivity contribution in [2.24, 2.45) is 0 Å². The first kappa shape index (κ1) is 20.6. The van der Waals surface area contributed by atoms with Crippen LogP contribution in [0.3, 0.4) is 0 Å². The lowest BCUT2D eigenvalue weighted by Crippen LogP contribution is -2.14. The summed E-state index contributed by atoms with van der Waals surface area (Å²) < 4.78 is 16.8. The maximum absolute atomic E-state index is 12.8. The van der Waals surface area contributed by atoms with E-state index in [1.54, 1.807) is 30.3 Å². The van der Waals surface area contributed by atoms with Crippen LogP contribution in [0.5, 0.6) is 11.5 Å². The van der Waals surface area contributed by atoms with Gasteiger partial charge in [0.1, 0.15) is 22.6 Å². The molecule has 0 amide bonds. The Balaban J connectivity index is 1.77. The van der Waals surface area contributed by atoms with Crippen molar-refractivity contribution in [3.8, 4) is 11.5 Å². The van der Waals surface area contributed by atoms with Crippen LogP contribution in [0.15, 0.2) is 77.3 Å². The fraction of sp³-hybridized carbons (Fsp3) is 0.130. The lowest BCUT2D eigenvalue weighted by atomic mass is 10.1. The zero-order chi connectivity index (χ0) is 20.6. The smallest absolute Gasteiger partial charge is 0.347 e. The highest BCUT2D eigenvalue weighted by atomic mass is 79.9. The topological polar surface area (TPSA) is 61.8 Å². The van der Waals surface area contributed by atoms with Gasteiger partial charge in [0.05, 0.1) is 13.7 Å². The molecular weight excluding hydrogens is 436 g/mol. The first-order valence-electron chi connectivity index (χ1n) is 8.94. The third kappa shape index (κ3) is 5.45. The Morgan fingerprint density at radius 3 is 2.31 bits per heavy atom. The Labute approximate surface area is 177 Å². The highest BCUT2D eigenvalue weighted by molar-refractivity contribution is 9.10. The molecule has 148 valence electrons. The number of methoxy groups -OCH3 is 1. The van der Waals surface area contributed by atoms with E-state index in [0.29, 0.717) is 23.2 Å². The molecule has 0 saturated carbocycles. The third-order valence-electron chi connectivity index (χ3n) is 4.15. The molecule has 0 saturated heterocycles. The second-order valence-electron chi connectivity index (χ2n) is 6.10. The quantitative estimate of drug-likeness (QED) is 0.368. The monoisotopic (exact) mass is 454 g/mol. The van der Waals surface area contributed by atoms with Crippen LogP contribution >= 0.6 is 15.9 Å². The largest absolute Gasteiger partial charge is 0.492 e. The van der Waals surface area contributed by atoms with Crippen LogP contribution in [0.1, 0.15) is 26.3 Å². The molecule has 3 aromatic rings. The molecule has 0 aliphatic rings. The van der Waals surface area contributed by atoms with Crippen LogP contribution in [-0.4, -0.2) is 25.7 Å². The third-order valence-corrected chi connectivity index (χ3v) is 4.64. The molecule has 0 bridgehead atoms. The van der Waals surface area contributed by atoms with Crippen molar-refractivity contribution < 1.29 is 23.8 Å². The zero-order valence-electron chi connectivity index (χ0n) is 15.8. The molecule has 0 aliphatic heterocycles. The van der Waals surface area contributed by atoms with Crippen molar-refractivity contribution in [2.45, 2.75) is 6.42 Å². The lowest BCUT2D eigenvalue weighted by molar-refractivity contribution is 0.0593. The minimum absolute atomic E-state index is 0.125. The van der Waals surface area contributed by atoms with E-state index in [9.17, 15) is 9.59 Å². The fourth-order valence-corrected chi connectivity index (χ4v) is 3.06. The Bertz CT molecular complexity index is 1000. The maximum atomic E-state index is 12.8. The van der Waals surface area contributed by atoms with Gasteiger partial charge in [-0.2, -0.15) is 0 Å². The van der Waals surface area contributed by atoms with Crippen molar-refractivity contribution in [1.29, 1.82) is 0 Å². The van der Waals surface area contributed by atoms with Crippen molar-refractivity contribution in [3.05, 3.63) is 94.0 Å². The molecule has 0 unspecified atom stereocenters. The van der Waals surface area contributed by atoms with E-state index in [2.05, 4.69) is 15.9 Å². The molecular formula is C23H19BrO5. The minimum atomic E-state index is -0.627. The Morgan fingerprint density at radius 2 is 1.55 bits per heavy atom. The van der Waals surface area contributed by atoms with Crippen LogP contribution in [0.25, 0.3) is 0 Å². The summed E-state index contributed by atoms with van der Waals surface area (Å²) in [4.78, 5) is 24.7. The van der Waals surface area contributed by atoms with Crippen molar-refractivity contribution >= 4 is 27.9 Å². The number of hydrogen-bond acceptors (Lipinski definition) is 5. The summed E-state index contributed by atoms with van der Waals surface area (Å²) in [5.41, 5.74) is 1.57. The molecule has 3 rings (SSSR count). The summed E-state index contributed by atoms with van der Waals surface area (Å²) in [6.45, 7) is 0.407. The average molecular weight is 455 g/mol. The van der Waals surface area contributed by atoms with Crippen LogP contribution in [0, 0.1) is 0 Å². The lowest BCUT2D eigenvalue weighted by Gasteiger charge is -2.13. The number of halogens is 1. The van der Waals surface area contributed by atoms with Gasteiger partial charge in [0.15, 0.2) is 0 Å². The summed E-state index contributed by atoms with van der Waals surface area (Å²) >= 11 is 3.37. The van der Waals surface area contributed by atoms with Gasteiger partial charge in [-0.05, 0) is 35.9 Å². The molecule has 3 aromatic carbocycles. The van der Waals surface area contributed by atoms with E-state index >= 15 is 0 Å². The van der Waals surface area contributed by atoms with E-state index in [1.807, 2.05) is 30.3 Å². The first-order chi connectivity index (χ1) is 14.1. The molecule has 5 nitrogen and oxygen atoms in total. The van der Waals surface area contributed by atoms with Crippen LogP contribution in [0.2, 0.25) is 0 Å². The number of hydrogen-bond donors (Lipinski definition) is 0. The summed E-state index contributed by atoms with van der Waals surface area (Å²) in [7, 11) is 1.27. The van der Waals surface area contributed by atoms with Gasteiger partial charge in [-0.3, -0.25) is 0 Å². The number of benzene rings is 3. The number of rotatable bonds is 7. The predicted molar refractivity (Wildman–Crippen MR) is 113 cm³/mol. The van der Waals surface area contributed by atoms with E-state index in [4.69, 9.17) is 14.2 Å². The SMILES string of the molecule is COC(=O)c1ccccc1OC(=O)c1cc(Br)ccc1OCCc1ccccc1. The molecule has 0 fully saturated rings. The van der Waals surface area contributed by atoms with Gasteiger partial charge < -0.3 is 14.2 Å². The second kappa shape index (κ2) is 9.89. The van der Waals surface area contributed by atoms with Crippen LogP contribution < -0.4 is 9.47 Å². The molecule has 0 aromatic heterocycles. The summed E-state index contributed by atoms with van der Waals surface area (Å²) in [6.07, 6.45) is 0.705. The van der Waals surface area contributed by atoms with Gasteiger partial charge in [0.25, 0.3) is 0 Å². The van der Waals surface area contributed by atoms with Gasteiger partial charge in [0.2, 0.25) is 0 Å². The molecule has 0 spiro atoms. The van der Waals surface area contributed by atoms with Gasteiger partial charge >= 0.3 is 11.9 Å². The highest BCUT2D eigenvalue weighted by Gasteiger charge is 2.20. The number of ether oxygens (including phenoxy) is 3. The molecule has 0 aliphatic carbocycles. The van der Waals surface area contributed by atoms with E-state index in [0.717, 1.165) is 5.56 Å². The predicted octanol–water partition coefficient (Wildman–Crippen LogP) is 5.08. The molecule has 0 radical (unpaired) electrons. The summed E-state index contributed by atoms with van der Waals surface area (Å²) in [5, 5.41) is 0. The Kier molecular flexibility index (Phi) is 7.03. The summed E-state index contributed by atoms with van der Waals surface area (Å²) in [6, 6.07) is 21.5. The Hall–Kier alpha value is -3.12. The first-order valence-corrected chi connectivity index (χ1v) is 9.73. The molecule has 0 N–H and O–H groups in total. The van der Waals surface area contributed by atoms with Crippen LogP contribution in [-0.2, 0) is 11.2 Å². The zero-order valence-corrected chi connectivity index (χ0v) is 17.3. The van der Waals surface area contributed by atoms with E-state index in [-0.39, 0.29) is 16.9 Å². The van der Waals surface area contributed by atoms with E-state index in [1.165, 1.54) is 19.2 Å². The second-order valence-corrected chi connectivity index (χ2v) is 7.02. The number of carbonyl (C=O) groups excluding carboxylic acids is 2. The van der Waals surface area contributed by atoms with Crippen molar-refractivity contribution in [3.63, 3.8) is 0 Å². The number of carbonyl (C=O) groups is 2. The Morgan fingerprint density at radius 1 is 0.828 bits per heavy atom. The average Bonchev–Trinajstić information content (AvgIpc) is 2.75.